The zero-order chi connectivity index (χ0) is 14.5. The summed E-state index contributed by atoms with van der Waals surface area (Å²) in [6.45, 7) is 6.02. The first kappa shape index (κ1) is 15.4. The molecule has 2 N–H and O–H groups in total. The van der Waals surface area contributed by atoms with E-state index >= 15 is 0 Å². The van der Waals surface area contributed by atoms with Crippen LogP contribution in [0.5, 0.6) is 5.75 Å². The Morgan fingerprint density at radius 3 is 2.68 bits per heavy atom. The summed E-state index contributed by atoms with van der Waals surface area (Å²) < 4.78 is 10.3. The van der Waals surface area contributed by atoms with E-state index in [0.29, 0.717) is 13.0 Å². The van der Waals surface area contributed by atoms with Crippen LogP contribution in [0.1, 0.15) is 25.2 Å². The molecule has 0 aromatic carbocycles. The lowest BCUT2D eigenvalue weighted by atomic mass is 9.85. The smallest absolute Gasteiger partial charge is 0.313 e. The fourth-order valence-corrected chi connectivity index (χ4v) is 1.84. The molecule has 1 rings (SSSR count). The van der Waals surface area contributed by atoms with E-state index in [1.807, 2.05) is 19.1 Å². The van der Waals surface area contributed by atoms with Gasteiger partial charge >= 0.3 is 5.97 Å². The van der Waals surface area contributed by atoms with Gasteiger partial charge in [-0.2, -0.15) is 0 Å². The molecule has 5 heteroatoms. The second-order valence-corrected chi connectivity index (χ2v) is 4.80. The van der Waals surface area contributed by atoms with E-state index in [0.717, 1.165) is 17.1 Å². The first-order valence-corrected chi connectivity index (χ1v) is 6.34. The van der Waals surface area contributed by atoms with Crippen molar-refractivity contribution in [1.82, 2.24) is 4.98 Å². The number of hydrogen-bond acceptors (Lipinski definition) is 5. The van der Waals surface area contributed by atoms with Crippen molar-refractivity contribution < 1.29 is 14.3 Å². The van der Waals surface area contributed by atoms with E-state index in [1.165, 1.54) is 0 Å². The van der Waals surface area contributed by atoms with Gasteiger partial charge in [0.25, 0.3) is 0 Å². The van der Waals surface area contributed by atoms with Crippen LogP contribution < -0.4 is 10.5 Å². The number of esters is 1. The van der Waals surface area contributed by atoms with E-state index in [1.54, 1.807) is 21.0 Å². The summed E-state index contributed by atoms with van der Waals surface area (Å²) in [5.74, 6) is 0.436. The van der Waals surface area contributed by atoms with Crippen LogP contribution in [0, 0.1) is 12.3 Å². The van der Waals surface area contributed by atoms with Gasteiger partial charge in [-0.3, -0.25) is 9.78 Å². The van der Waals surface area contributed by atoms with Crippen LogP contribution in [0.15, 0.2) is 12.1 Å². The highest BCUT2D eigenvalue weighted by Crippen LogP contribution is 2.24. The Balaban J connectivity index is 2.97. The molecule has 0 radical (unpaired) electrons. The van der Waals surface area contributed by atoms with Crippen molar-refractivity contribution >= 4 is 5.97 Å². The Bertz CT molecular complexity index is 448. The molecule has 0 fully saturated rings. The maximum Gasteiger partial charge on any atom is 0.313 e. The summed E-state index contributed by atoms with van der Waals surface area (Å²) in [5, 5.41) is 0. The normalized spacial score (nSPS) is 13.7. The van der Waals surface area contributed by atoms with Crippen LogP contribution in [0.25, 0.3) is 0 Å². The Morgan fingerprint density at radius 1 is 1.47 bits per heavy atom. The lowest BCUT2D eigenvalue weighted by Gasteiger charge is -2.25. The number of hydrogen-bond donors (Lipinski definition) is 1. The molecule has 0 aliphatic heterocycles. The van der Waals surface area contributed by atoms with Crippen molar-refractivity contribution in [3.8, 4) is 5.75 Å². The Kier molecular flexibility index (Phi) is 5.30. The molecule has 1 atom stereocenters. The summed E-state index contributed by atoms with van der Waals surface area (Å²) in [6, 6.07) is 3.66. The highest BCUT2D eigenvalue weighted by atomic mass is 16.5. The van der Waals surface area contributed by atoms with Crippen LogP contribution in [0.3, 0.4) is 0 Å². The number of pyridine rings is 1. The minimum atomic E-state index is -0.762. The fourth-order valence-electron chi connectivity index (χ4n) is 1.84. The summed E-state index contributed by atoms with van der Waals surface area (Å²) in [6.07, 6.45) is 0.431. The number of aromatic nitrogens is 1. The van der Waals surface area contributed by atoms with E-state index < -0.39 is 5.41 Å². The highest BCUT2D eigenvalue weighted by molar-refractivity contribution is 5.77. The van der Waals surface area contributed by atoms with Crippen molar-refractivity contribution in [1.29, 1.82) is 0 Å². The molecule has 5 nitrogen and oxygen atoms in total. The van der Waals surface area contributed by atoms with Gasteiger partial charge in [-0.05, 0) is 20.8 Å². The van der Waals surface area contributed by atoms with Crippen LogP contribution in [0.2, 0.25) is 0 Å². The topological polar surface area (TPSA) is 74.4 Å². The zero-order valence-electron chi connectivity index (χ0n) is 12.0. The molecule has 1 aromatic rings. The molecule has 0 amide bonds. The first-order chi connectivity index (χ1) is 8.95. The molecule has 1 heterocycles. The molecule has 0 bridgehead atoms. The Hall–Kier alpha value is -1.62. The number of carbonyl (C=O) groups excluding carboxylic acids is 1. The van der Waals surface area contributed by atoms with Crippen molar-refractivity contribution in [2.45, 2.75) is 27.2 Å². The molecule has 1 unspecified atom stereocenters. The maximum atomic E-state index is 12.0. The minimum Gasteiger partial charge on any atom is -0.497 e. The van der Waals surface area contributed by atoms with E-state index in [4.69, 9.17) is 15.2 Å². The van der Waals surface area contributed by atoms with Gasteiger partial charge in [0.15, 0.2) is 0 Å². The van der Waals surface area contributed by atoms with E-state index in [2.05, 4.69) is 4.98 Å². The Morgan fingerprint density at radius 2 is 2.16 bits per heavy atom. The number of nitrogens with two attached hydrogens (primary N) is 1. The summed E-state index contributed by atoms with van der Waals surface area (Å²) in [7, 11) is 1.60. The molecular weight excluding hydrogens is 244 g/mol. The molecule has 0 saturated heterocycles. The molecular formula is C14H22N2O3. The van der Waals surface area contributed by atoms with Crippen molar-refractivity contribution in [2.24, 2.45) is 11.1 Å². The van der Waals surface area contributed by atoms with Gasteiger partial charge < -0.3 is 15.2 Å². The van der Waals surface area contributed by atoms with Gasteiger partial charge in [0, 0.05) is 36.5 Å². The maximum absolute atomic E-state index is 12.0. The molecule has 1 aromatic heterocycles. The molecule has 0 aliphatic rings. The van der Waals surface area contributed by atoms with Gasteiger partial charge in [0.05, 0.1) is 19.1 Å². The lowest BCUT2D eigenvalue weighted by molar-refractivity contribution is -0.153. The number of methoxy groups -OCH3 is 1. The van der Waals surface area contributed by atoms with E-state index in [-0.39, 0.29) is 12.5 Å². The third-order valence-electron chi connectivity index (χ3n) is 3.01. The van der Waals surface area contributed by atoms with Crippen LogP contribution >= 0.6 is 0 Å². The number of nitrogens with zero attached hydrogens (tertiary/aromatic N) is 1. The van der Waals surface area contributed by atoms with Gasteiger partial charge in [-0.15, -0.1) is 0 Å². The van der Waals surface area contributed by atoms with Crippen molar-refractivity contribution in [2.75, 3.05) is 20.3 Å². The number of aryl methyl sites for hydroxylation is 1. The second kappa shape index (κ2) is 6.52. The van der Waals surface area contributed by atoms with Gasteiger partial charge in [0.1, 0.15) is 5.75 Å². The highest BCUT2D eigenvalue weighted by Gasteiger charge is 2.34. The quantitative estimate of drug-likeness (QED) is 0.789. The van der Waals surface area contributed by atoms with Crippen molar-refractivity contribution in [3.63, 3.8) is 0 Å². The standard InChI is InChI=1S/C14H22N2O3/c1-5-19-13(17)14(3,9-15)8-11-7-12(18-4)6-10(2)16-11/h6-7H,5,8-9,15H2,1-4H3. The van der Waals surface area contributed by atoms with E-state index in [9.17, 15) is 4.79 Å². The molecule has 0 aliphatic carbocycles. The summed E-state index contributed by atoms with van der Waals surface area (Å²) in [4.78, 5) is 16.4. The van der Waals surface area contributed by atoms with Gasteiger partial charge in [0.2, 0.25) is 0 Å². The second-order valence-electron chi connectivity index (χ2n) is 4.80. The minimum absolute atomic E-state index is 0.212. The fraction of sp³-hybridized carbons (Fsp3) is 0.571. The Labute approximate surface area is 114 Å². The average molecular weight is 266 g/mol. The largest absolute Gasteiger partial charge is 0.497 e. The lowest BCUT2D eigenvalue weighted by Crippen LogP contribution is -2.39. The zero-order valence-corrected chi connectivity index (χ0v) is 12.0. The van der Waals surface area contributed by atoms with Crippen LogP contribution in [-0.4, -0.2) is 31.2 Å². The number of carbonyl (C=O) groups is 1. The monoisotopic (exact) mass is 266 g/mol. The average Bonchev–Trinajstić information content (AvgIpc) is 2.38. The third-order valence-corrected chi connectivity index (χ3v) is 3.01. The SMILES string of the molecule is CCOC(=O)C(C)(CN)Cc1cc(OC)cc(C)n1. The van der Waals surface area contributed by atoms with Crippen LogP contribution in [-0.2, 0) is 16.0 Å². The molecule has 106 valence electrons. The molecule has 19 heavy (non-hydrogen) atoms. The van der Waals surface area contributed by atoms with Gasteiger partial charge in [-0.25, -0.2) is 0 Å². The number of rotatable bonds is 6. The van der Waals surface area contributed by atoms with Gasteiger partial charge in [-0.1, -0.05) is 0 Å². The molecule has 0 saturated carbocycles. The third kappa shape index (κ3) is 3.92. The summed E-state index contributed by atoms with van der Waals surface area (Å²) >= 11 is 0. The number of ether oxygens (including phenoxy) is 2. The summed E-state index contributed by atoms with van der Waals surface area (Å²) in [5.41, 5.74) is 6.59. The van der Waals surface area contributed by atoms with Crippen LogP contribution in [0.4, 0.5) is 0 Å². The first-order valence-electron chi connectivity index (χ1n) is 6.34. The predicted octanol–water partition coefficient (Wildman–Crippen LogP) is 1.47. The molecule has 0 spiro atoms. The predicted molar refractivity (Wildman–Crippen MR) is 73.0 cm³/mol. The van der Waals surface area contributed by atoms with Crippen molar-refractivity contribution in [3.05, 3.63) is 23.5 Å².